The van der Waals surface area contributed by atoms with E-state index < -0.39 is 6.10 Å². The van der Waals surface area contributed by atoms with Crippen molar-refractivity contribution in [3.63, 3.8) is 0 Å². The Kier molecular flexibility index (Phi) is 5.83. The number of hydrogen-bond donors (Lipinski definition) is 6. The van der Waals surface area contributed by atoms with Crippen molar-refractivity contribution >= 4 is 28.7 Å². The first-order chi connectivity index (χ1) is 10.6. The molecule has 2 rings (SSSR count). The van der Waals surface area contributed by atoms with E-state index in [1.807, 2.05) is 6.26 Å². The van der Waals surface area contributed by atoms with E-state index in [0.29, 0.717) is 24.1 Å². The van der Waals surface area contributed by atoms with Gasteiger partial charge in [0.1, 0.15) is 11.0 Å². The second-order valence-electron chi connectivity index (χ2n) is 5.08. The van der Waals surface area contributed by atoms with Crippen LogP contribution in [0.3, 0.4) is 0 Å². The van der Waals surface area contributed by atoms with E-state index in [-0.39, 0.29) is 24.0 Å². The maximum atomic E-state index is 11.7. The summed E-state index contributed by atoms with van der Waals surface area (Å²) in [6, 6.07) is 0. The minimum atomic E-state index is -0.750. The first-order valence-corrected chi connectivity index (χ1v) is 8.30. The molecule has 2 heterocycles. The Morgan fingerprint density at radius 3 is 3.00 bits per heavy atom. The summed E-state index contributed by atoms with van der Waals surface area (Å²) in [5.74, 6) is 0.772. The van der Waals surface area contributed by atoms with Crippen molar-refractivity contribution in [1.29, 1.82) is 0 Å². The smallest absolute Gasteiger partial charge is 0.276 e. The molecule has 0 aliphatic carbocycles. The number of aliphatic hydroxyl groups excluding tert-OH is 2. The minimum Gasteiger partial charge on any atom is -0.394 e. The predicted molar refractivity (Wildman–Crippen MR) is 87.8 cm³/mol. The highest BCUT2D eigenvalue weighted by Gasteiger charge is 2.18. The monoisotopic (exact) mass is 327 g/mol. The van der Waals surface area contributed by atoms with Gasteiger partial charge in [-0.2, -0.15) is 11.8 Å². The Morgan fingerprint density at radius 1 is 1.55 bits per heavy atom. The van der Waals surface area contributed by atoms with Crippen LogP contribution in [-0.4, -0.2) is 56.4 Å². The predicted octanol–water partition coefficient (Wildman–Crippen LogP) is -0.745. The molecule has 2 atom stereocenters. The normalized spacial score (nSPS) is 14.3. The average Bonchev–Trinajstić information content (AvgIpc) is 2.89. The second kappa shape index (κ2) is 7.63. The largest absolute Gasteiger partial charge is 0.394 e. The van der Waals surface area contributed by atoms with Gasteiger partial charge in [0.25, 0.3) is 5.56 Å². The van der Waals surface area contributed by atoms with Gasteiger partial charge in [-0.05, 0) is 12.0 Å². The van der Waals surface area contributed by atoms with Gasteiger partial charge in [0.15, 0.2) is 0 Å². The summed E-state index contributed by atoms with van der Waals surface area (Å²) in [6.07, 6.45) is 2.92. The number of anilines is 1. The third-order valence-corrected chi connectivity index (χ3v) is 4.23. The molecule has 8 nitrogen and oxygen atoms in total. The van der Waals surface area contributed by atoms with Gasteiger partial charge in [0.2, 0.25) is 5.95 Å². The number of rotatable bonds is 8. The zero-order chi connectivity index (χ0) is 16.1. The molecule has 0 fully saturated rings. The Morgan fingerprint density at radius 2 is 2.32 bits per heavy atom. The number of nitrogen functional groups attached to an aromatic ring is 1. The third-order valence-electron chi connectivity index (χ3n) is 3.47. The maximum Gasteiger partial charge on any atom is 0.276 e. The number of hydrogen-bond acceptors (Lipinski definition) is 7. The van der Waals surface area contributed by atoms with E-state index >= 15 is 0 Å². The summed E-state index contributed by atoms with van der Waals surface area (Å²) in [6.45, 7) is 0.778. The summed E-state index contributed by atoms with van der Waals surface area (Å²) in [7, 11) is 0. The first kappa shape index (κ1) is 16.8. The molecule has 122 valence electrons. The standard InChI is InChI=1S/C13H21N5O3S/c1-22-6-8(9(20)5-19)3-15-2-7-4-16-11-10(7)17-13(14)18-12(11)21/h4,8-9,15-16,19-20H,2-3,5-6H2,1H3,(H3,14,17,18,21). The first-order valence-electron chi connectivity index (χ1n) is 6.91. The zero-order valence-corrected chi connectivity index (χ0v) is 13.1. The molecule has 7 N–H and O–H groups in total. The maximum absolute atomic E-state index is 11.7. The highest BCUT2D eigenvalue weighted by atomic mass is 32.2. The molecule has 0 saturated heterocycles. The fourth-order valence-corrected chi connectivity index (χ4v) is 3.05. The molecule has 0 radical (unpaired) electrons. The molecule has 0 aliphatic rings. The summed E-state index contributed by atoms with van der Waals surface area (Å²) in [5.41, 5.74) is 7.02. The summed E-state index contributed by atoms with van der Waals surface area (Å²) < 4.78 is 0. The fourth-order valence-electron chi connectivity index (χ4n) is 2.28. The van der Waals surface area contributed by atoms with Crippen LogP contribution in [0, 0.1) is 5.92 Å². The van der Waals surface area contributed by atoms with Gasteiger partial charge in [0, 0.05) is 30.8 Å². The van der Waals surface area contributed by atoms with Crippen molar-refractivity contribution in [2.24, 2.45) is 5.92 Å². The topological polar surface area (TPSA) is 140 Å². The highest BCUT2D eigenvalue weighted by molar-refractivity contribution is 7.98. The molecule has 2 aromatic heterocycles. The number of nitrogens with zero attached hydrogens (tertiary/aromatic N) is 1. The molecule has 0 aromatic carbocycles. The van der Waals surface area contributed by atoms with Crippen LogP contribution >= 0.6 is 11.8 Å². The fraction of sp³-hybridized carbons (Fsp3) is 0.538. The van der Waals surface area contributed by atoms with Crippen LogP contribution in [0.25, 0.3) is 11.0 Å². The van der Waals surface area contributed by atoms with Crippen LogP contribution in [0.15, 0.2) is 11.0 Å². The number of H-pyrrole nitrogens is 2. The van der Waals surface area contributed by atoms with Crippen molar-refractivity contribution in [3.05, 3.63) is 22.1 Å². The van der Waals surface area contributed by atoms with Crippen LogP contribution in [-0.2, 0) is 6.54 Å². The van der Waals surface area contributed by atoms with Gasteiger partial charge in [-0.15, -0.1) is 0 Å². The van der Waals surface area contributed by atoms with Crippen LogP contribution < -0.4 is 16.6 Å². The van der Waals surface area contributed by atoms with Gasteiger partial charge in [0.05, 0.1) is 12.7 Å². The number of nitrogens with one attached hydrogen (secondary N) is 3. The quantitative estimate of drug-likeness (QED) is 0.375. The minimum absolute atomic E-state index is 0.0494. The van der Waals surface area contributed by atoms with Gasteiger partial charge < -0.3 is 26.2 Å². The lowest BCUT2D eigenvalue weighted by Crippen LogP contribution is -2.35. The van der Waals surface area contributed by atoms with Crippen LogP contribution in [0.1, 0.15) is 5.56 Å². The lowest BCUT2D eigenvalue weighted by Gasteiger charge is -2.20. The van der Waals surface area contributed by atoms with E-state index in [4.69, 9.17) is 10.8 Å². The molecule has 9 heteroatoms. The Balaban J connectivity index is 2.04. The van der Waals surface area contributed by atoms with Gasteiger partial charge in [-0.1, -0.05) is 0 Å². The van der Waals surface area contributed by atoms with Crippen molar-refractivity contribution in [2.75, 3.05) is 30.9 Å². The number of fused-ring (bicyclic) bond motifs is 1. The molecule has 2 unspecified atom stereocenters. The van der Waals surface area contributed by atoms with Crippen LogP contribution in [0.4, 0.5) is 5.95 Å². The number of nitrogens with two attached hydrogens (primary N) is 1. The SMILES string of the molecule is CSCC(CNCc1c[nH]c2c(=O)[nH]c(N)nc12)C(O)CO. The summed E-state index contributed by atoms with van der Waals surface area (Å²) in [5, 5.41) is 22.1. The Hall–Kier alpha value is -1.55. The van der Waals surface area contributed by atoms with E-state index in [2.05, 4.69) is 20.3 Å². The highest BCUT2D eigenvalue weighted by Crippen LogP contribution is 2.14. The van der Waals surface area contributed by atoms with Gasteiger partial charge in [-0.3, -0.25) is 9.78 Å². The molecule has 22 heavy (non-hydrogen) atoms. The number of thioether (sulfide) groups is 1. The molecular formula is C13H21N5O3S. The van der Waals surface area contributed by atoms with Crippen molar-refractivity contribution in [1.82, 2.24) is 20.3 Å². The molecule has 0 aliphatic heterocycles. The lowest BCUT2D eigenvalue weighted by atomic mass is 10.1. The molecule has 2 aromatic rings. The van der Waals surface area contributed by atoms with E-state index in [1.165, 1.54) is 0 Å². The summed E-state index contributed by atoms with van der Waals surface area (Å²) >= 11 is 1.62. The Labute approximate surface area is 131 Å². The molecule has 0 spiro atoms. The third kappa shape index (κ3) is 3.80. The van der Waals surface area contributed by atoms with Crippen LogP contribution in [0.2, 0.25) is 0 Å². The van der Waals surface area contributed by atoms with Crippen molar-refractivity contribution in [3.8, 4) is 0 Å². The van der Waals surface area contributed by atoms with Crippen molar-refractivity contribution < 1.29 is 10.2 Å². The molecule has 0 amide bonds. The second-order valence-corrected chi connectivity index (χ2v) is 6.00. The van der Waals surface area contributed by atoms with Crippen molar-refractivity contribution in [2.45, 2.75) is 12.6 Å². The molecule has 0 saturated carbocycles. The van der Waals surface area contributed by atoms with Gasteiger partial charge in [-0.25, -0.2) is 4.98 Å². The van der Waals surface area contributed by atoms with Gasteiger partial charge >= 0.3 is 0 Å². The van der Waals surface area contributed by atoms with E-state index in [0.717, 1.165) is 11.3 Å². The molecule has 0 bridgehead atoms. The average molecular weight is 327 g/mol. The van der Waals surface area contributed by atoms with E-state index in [1.54, 1.807) is 18.0 Å². The Bertz CT molecular complexity index is 671. The number of aliphatic hydroxyl groups is 2. The molecular weight excluding hydrogens is 306 g/mol. The zero-order valence-electron chi connectivity index (χ0n) is 12.3. The van der Waals surface area contributed by atoms with E-state index in [9.17, 15) is 9.90 Å². The number of aromatic amines is 2. The number of aromatic nitrogens is 3. The van der Waals surface area contributed by atoms with Crippen LogP contribution in [0.5, 0.6) is 0 Å². The summed E-state index contributed by atoms with van der Waals surface area (Å²) in [4.78, 5) is 21.2. The lowest BCUT2D eigenvalue weighted by molar-refractivity contribution is 0.0549.